The summed E-state index contributed by atoms with van der Waals surface area (Å²) in [4.78, 5) is 0. The first-order valence-corrected chi connectivity index (χ1v) is 8.78. The normalized spacial score (nSPS) is 24.9. The first kappa shape index (κ1) is 15.3. The lowest BCUT2D eigenvalue weighted by atomic mass is 9.91. The molecule has 1 heterocycles. The molecule has 1 aliphatic heterocycles. The molecule has 1 rings (SSSR count). The van der Waals surface area contributed by atoms with Gasteiger partial charge in [-0.25, -0.2) is 8.42 Å². The van der Waals surface area contributed by atoms with Crippen molar-refractivity contribution in [3.63, 3.8) is 0 Å². The van der Waals surface area contributed by atoms with Crippen LogP contribution in [0, 0.1) is 11.8 Å². The minimum Gasteiger partial charge on any atom is -0.381 e. The highest BCUT2D eigenvalue weighted by Gasteiger charge is 2.32. The topological polar surface area (TPSA) is 43.4 Å². The summed E-state index contributed by atoms with van der Waals surface area (Å²) >= 11 is 5.93. The Morgan fingerprint density at radius 3 is 2.71 bits per heavy atom. The molecule has 0 amide bonds. The summed E-state index contributed by atoms with van der Waals surface area (Å²) in [6.45, 7) is 3.64. The molecule has 1 fully saturated rings. The summed E-state index contributed by atoms with van der Waals surface area (Å²) in [6.07, 6.45) is 3.88. The zero-order chi connectivity index (χ0) is 12.7. The van der Waals surface area contributed by atoms with E-state index in [4.69, 9.17) is 16.3 Å². The predicted molar refractivity (Wildman–Crippen MR) is 71.3 cm³/mol. The molecule has 0 aromatic carbocycles. The van der Waals surface area contributed by atoms with E-state index in [1.165, 1.54) is 0 Å². The Hall–Kier alpha value is 0.200. The molecule has 2 unspecified atom stereocenters. The summed E-state index contributed by atoms with van der Waals surface area (Å²) in [5.74, 6) is 1.72. The van der Waals surface area contributed by atoms with Gasteiger partial charge in [0.15, 0.2) is 9.84 Å². The third kappa shape index (κ3) is 5.58. The second-order valence-electron chi connectivity index (χ2n) is 4.83. The fraction of sp³-hybridized carbons (Fsp3) is 1.00. The molecule has 0 spiro atoms. The molecule has 102 valence electrons. The Morgan fingerprint density at radius 2 is 2.18 bits per heavy atom. The van der Waals surface area contributed by atoms with Gasteiger partial charge in [0, 0.05) is 19.1 Å². The number of halogens is 1. The van der Waals surface area contributed by atoms with E-state index in [1.807, 2.05) is 0 Å². The fourth-order valence-electron chi connectivity index (χ4n) is 2.22. The van der Waals surface area contributed by atoms with Crippen LogP contribution in [0.4, 0.5) is 0 Å². The first-order valence-electron chi connectivity index (χ1n) is 6.43. The molecule has 0 aromatic rings. The van der Waals surface area contributed by atoms with Crippen LogP contribution in [0.1, 0.15) is 32.6 Å². The highest BCUT2D eigenvalue weighted by molar-refractivity contribution is 7.91. The highest BCUT2D eigenvalue weighted by Crippen LogP contribution is 2.29. The third-order valence-corrected chi connectivity index (χ3v) is 5.60. The maximum absolute atomic E-state index is 11.4. The maximum Gasteiger partial charge on any atom is 0.150 e. The van der Waals surface area contributed by atoms with Crippen molar-refractivity contribution in [2.24, 2.45) is 11.8 Å². The zero-order valence-corrected chi connectivity index (χ0v) is 12.1. The van der Waals surface area contributed by atoms with Gasteiger partial charge in [0.05, 0.1) is 11.5 Å². The van der Waals surface area contributed by atoms with Crippen molar-refractivity contribution in [1.82, 2.24) is 0 Å². The van der Waals surface area contributed by atoms with Crippen molar-refractivity contribution >= 4 is 21.4 Å². The second kappa shape index (κ2) is 7.59. The number of hydrogen-bond donors (Lipinski definition) is 0. The Kier molecular flexibility index (Phi) is 6.82. The van der Waals surface area contributed by atoms with Crippen LogP contribution in [0.3, 0.4) is 0 Å². The van der Waals surface area contributed by atoms with Gasteiger partial charge in [-0.1, -0.05) is 13.3 Å². The molecule has 17 heavy (non-hydrogen) atoms. The average Bonchev–Trinajstić information content (AvgIpc) is 2.64. The Bertz CT molecular complexity index is 303. The molecule has 0 aromatic heterocycles. The second-order valence-corrected chi connectivity index (χ2v) is 7.37. The van der Waals surface area contributed by atoms with Crippen LogP contribution in [0.25, 0.3) is 0 Å². The van der Waals surface area contributed by atoms with E-state index in [-0.39, 0.29) is 11.8 Å². The predicted octanol–water partition coefficient (Wildman–Crippen LogP) is 2.48. The number of rotatable bonds is 8. The van der Waals surface area contributed by atoms with Crippen molar-refractivity contribution in [3.8, 4) is 0 Å². The Balaban J connectivity index is 2.24. The Morgan fingerprint density at radius 1 is 1.41 bits per heavy atom. The molecule has 2 atom stereocenters. The van der Waals surface area contributed by atoms with Crippen molar-refractivity contribution in [1.29, 1.82) is 0 Å². The number of sulfone groups is 1. The molecule has 1 aliphatic rings. The van der Waals surface area contributed by atoms with E-state index in [2.05, 4.69) is 6.92 Å². The van der Waals surface area contributed by atoms with E-state index in [0.29, 0.717) is 24.0 Å². The first-order chi connectivity index (χ1) is 8.09. The van der Waals surface area contributed by atoms with Gasteiger partial charge in [-0.2, -0.15) is 0 Å². The molecule has 5 heteroatoms. The molecule has 0 aliphatic carbocycles. The van der Waals surface area contributed by atoms with Gasteiger partial charge in [-0.3, -0.25) is 0 Å². The van der Waals surface area contributed by atoms with E-state index >= 15 is 0 Å². The largest absolute Gasteiger partial charge is 0.381 e. The van der Waals surface area contributed by atoms with Crippen LogP contribution < -0.4 is 0 Å². The van der Waals surface area contributed by atoms with E-state index in [0.717, 1.165) is 32.3 Å². The molecular formula is C12H23ClO3S. The van der Waals surface area contributed by atoms with E-state index < -0.39 is 9.84 Å². The minimum absolute atomic E-state index is 0.243. The lowest BCUT2D eigenvalue weighted by Crippen LogP contribution is -2.20. The van der Waals surface area contributed by atoms with Crippen LogP contribution in [-0.4, -0.2) is 39.0 Å². The smallest absolute Gasteiger partial charge is 0.150 e. The summed E-state index contributed by atoms with van der Waals surface area (Å²) < 4.78 is 28.3. The molecule has 0 bridgehead atoms. The molecule has 0 radical (unpaired) electrons. The van der Waals surface area contributed by atoms with Crippen LogP contribution in [-0.2, 0) is 14.6 Å². The summed E-state index contributed by atoms with van der Waals surface area (Å²) in [5, 5.41) is 0. The Labute approximate surface area is 110 Å². The van der Waals surface area contributed by atoms with E-state index in [9.17, 15) is 8.42 Å². The van der Waals surface area contributed by atoms with E-state index in [1.54, 1.807) is 0 Å². The van der Waals surface area contributed by atoms with Gasteiger partial charge in [0.25, 0.3) is 0 Å². The standard InChI is InChI=1S/C12H23ClO3S/c1-2-3-6-16-7-4-11(9-13)12-5-8-17(14,15)10-12/h11-12H,2-10H2,1H3. The quantitative estimate of drug-likeness (QED) is 0.507. The number of unbranched alkanes of at least 4 members (excludes halogenated alkanes) is 1. The SMILES string of the molecule is CCCCOCCC(CCl)C1CCS(=O)(=O)C1. The van der Waals surface area contributed by atoms with Crippen molar-refractivity contribution in [2.75, 3.05) is 30.6 Å². The third-order valence-electron chi connectivity index (χ3n) is 3.41. The minimum atomic E-state index is -2.79. The van der Waals surface area contributed by atoms with Crippen LogP contribution in [0.15, 0.2) is 0 Å². The van der Waals surface area contributed by atoms with Crippen LogP contribution >= 0.6 is 11.6 Å². The van der Waals surface area contributed by atoms with Gasteiger partial charge in [-0.15, -0.1) is 11.6 Å². The van der Waals surface area contributed by atoms with Gasteiger partial charge in [-0.05, 0) is 31.1 Å². The molecule has 3 nitrogen and oxygen atoms in total. The lowest BCUT2D eigenvalue weighted by molar-refractivity contribution is 0.113. The van der Waals surface area contributed by atoms with Gasteiger partial charge in [0.2, 0.25) is 0 Å². The van der Waals surface area contributed by atoms with Crippen LogP contribution in [0.2, 0.25) is 0 Å². The lowest BCUT2D eigenvalue weighted by Gasteiger charge is -2.19. The summed E-state index contributed by atoms with van der Waals surface area (Å²) in [7, 11) is -2.79. The number of hydrogen-bond acceptors (Lipinski definition) is 3. The molecule has 1 saturated heterocycles. The van der Waals surface area contributed by atoms with Crippen molar-refractivity contribution in [3.05, 3.63) is 0 Å². The zero-order valence-electron chi connectivity index (χ0n) is 10.5. The van der Waals surface area contributed by atoms with Crippen molar-refractivity contribution < 1.29 is 13.2 Å². The highest BCUT2D eigenvalue weighted by atomic mass is 35.5. The fourth-order valence-corrected chi connectivity index (χ4v) is 4.54. The number of alkyl halides is 1. The maximum atomic E-state index is 11.4. The summed E-state index contributed by atoms with van der Waals surface area (Å²) in [5.41, 5.74) is 0. The van der Waals surface area contributed by atoms with Gasteiger partial charge in [0.1, 0.15) is 0 Å². The molecular weight excluding hydrogens is 260 g/mol. The van der Waals surface area contributed by atoms with Gasteiger partial charge < -0.3 is 4.74 Å². The average molecular weight is 283 g/mol. The van der Waals surface area contributed by atoms with Gasteiger partial charge >= 0.3 is 0 Å². The van der Waals surface area contributed by atoms with Crippen molar-refractivity contribution in [2.45, 2.75) is 32.6 Å². The number of ether oxygens (including phenoxy) is 1. The molecule has 0 N–H and O–H groups in total. The summed E-state index contributed by atoms with van der Waals surface area (Å²) in [6, 6.07) is 0. The monoisotopic (exact) mass is 282 g/mol. The van der Waals surface area contributed by atoms with Crippen LogP contribution in [0.5, 0.6) is 0 Å². The molecule has 0 saturated carbocycles.